The van der Waals surface area contributed by atoms with Crippen LogP contribution in [0.15, 0.2) is 6.20 Å². The molecule has 1 rings (SSSR count). The van der Waals surface area contributed by atoms with E-state index in [0.29, 0.717) is 16.8 Å². The molecule has 0 N–H and O–H groups in total. The third-order valence-corrected chi connectivity index (χ3v) is 2.48. The summed E-state index contributed by atoms with van der Waals surface area (Å²) in [6, 6.07) is 0. The molecule has 1 amide bonds. The molecule has 0 aromatic carbocycles. The van der Waals surface area contributed by atoms with Crippen molar-refractivity contribution in [2.75, 3.05) is 27.6 Å². The molecule has 0 aliphatic heterocycles. The first-order valence-corrected chi connectivity index (χ1v) is 6.54. The SMILES string of the molecule is COc1cnc(CSC)nc1OC(=O)N(OC)OC. The molecule has 0 radical (unpaired) electrons. The molecule has 1 aromatic rings. The topological polar surface area (TPSA) is 83.0 Å². The molecule has 0 atom stereocenters. The number of methoxy groups -OCH3 is 1. The van der Waals surface area contributed by atoms with E-state index in [1.54, 1.807) is 11.8 Å². The predicted octanol–water partition coefficient (Wildman–Crippen LogP) is 1.27. The van der Waals surface area contributed by atoms with Crippen molar-refractivity contribution in [3.8, 4) is 11.6 Å². The molecular weight excluding hydrogens is 274 g/mol. The van der Waals surface area contributed by atoms with Gasteiger partial charge in [0, 0.05) is 0 Å². The highest BCUT2D eigenvalue weighted by atomic mass is 32.2. The third kappa shape index (κ3) is 4.23. The van der Waals surface area contributed by atoms with Gasteiger partial charge in [-0.2, -0.15) is 16.7 Å². The van der Waals surface area contributed by atoms with E-state index in [1.165, 1.54) is 27.5 Å². The predicted molar refractivity (Wildman–Crippen MR) is 67.7 cm³/mol. The summed E-state index contributed by atoms with van der Waals surface area (Å²) in [6.45, 7) is 0. The van der Waals surface area contributed by atoms with Gasteiger partial charge in [0.25, 0.3) is 5.88 Å². The minimum Gasteiger partial charge on any atom is -0.490 e. The van der Waals surface area contributed by atoms with Crippen molar-refractivity contribution in [2.45, 2.75) is 5.75 Å². The molecule has 8 nitrogen and oxygen atoms in total. The minimum atomic E-state index is -0.878. The second kappa shape index (κ2) is 7.77. The van der Waals surface area contributed by atoms with Crippen LogP contribution >= 0.6 is 11.8 Å². The van der Waals surface area contributed by atoms with Gasteiger partial charge in [0.2, 0.25) is 0 Å². The van der Waals surface area contributed by atoms with Crippen LogP contribution in [0.5, 0.6) is 11.6 Å². The normalized spacial score (nSPS) is 10.1. The number of ether oxygens (including phenoxy) is 2. The van der Waals surface area contributed by atoms with Crippen molar-refractivity contribution < 1.29 is 23.9 Å². The van der Waals surface area contributed by atoms with Crippen molar-refractivity contribution in [1.82, 2.24) is 15.2 Å². The van der Waals surface area contributed by atoms with Crippen LogP contribution in [0.25, 0.3) is 0 Å². The maximum absolute atomic E-state index is 11.6. The second-order valence-corrected chi connectivity index (χ2v) is 3.95. The lowest BCUT2D eigenvalue weighted by Crippen LogP contribution is -2.32. The fourth-order valence-electron chi connectivity index (χ4n) is 1.14. The number of hydroxylamine groups is 2. The third-order valence-electron chi connectivity index (χ3n) is 1.93. The number of nitrogens with zero attached hydrogens (tertiary/aromatic N) is 3. The maximum atomic E-state index is 11.6. The van der Waals surface area contributed by atoms with Gasteiger partial charge in [-0.25, -0.2) is 19.5 Å². The average molecular weight is 289 g/mol. The van der Waals surface area contributed by atoms with Crippen molar-refractivity contribution >= 4 is 17.9 Å². The van der Waals surface area contributed by atoms with Gasteiger partial charge in [0.1, 0.15) is 5.82 Å². The standard InChI is InChI=1S/C10H15N3O5S/c1-15-7-5-11-8(6-19-4)12-9(7)18-10(14)13(16-2)17-3/h5H,6H2,1-4H3. The van der Waals surface area contributed by atoms with E-state index in [4.69, 9.17) is 9.47 Å². The first-order chi connectivity index (χ1) is 9.15. The summed E-state index contributed by atoms with van der Waals surface area (Å²) in [5, 5.41) is 0.565. The highest BCUT2D eigenvalue weighted by Crippen LogP contribution is 2.24. The summed E-state index contributed by atoms with van der Waals surface area (Å²) in [5.74, 6) is 1.36. The monoisotopic (exact) mass is 289 g/mol. The molecule has 9 heteroatoms. The highest BCUT2D eigenvalue weighted by Gasteiger charge is 2.20. The molecule has 0 aliphatic rings. The van der Waals surface area contributed by atoms with E-state index in [0.717, 1.165) is 0 Å². The molecule has 19 heavy (non-hydrogen) atoms. The van der Waals surface area contributed by atoms with Gasteiger partial charge in [-0.15, -0.1) is 0 Å². The summed E-state index contributed by atoms with van der Waals surface area (Å²) in [5.41, 5.74) is 0. The van der Waals surface area contributed by atoms with Crippen LogP contribution in [-0.4, -0.2) is 48.9 Å². The Morgan fingerprint density at radius 2 is 2.05 bits per heavy atom. The molecule has 0 aliphatic carbocycles. The minimum absolute atomic E-state index is 0.00523. The molecule has 106 valence electrons. The Kier molecular flexibility index (Phi) is 6.33. The average Bonchev–Trinajstić information content (AvgIpc) is 2.41. The summed E-state index contributed by atoms with van der Waals surface area (Å²) < 4.78 is 10.0. The quantitative estimate of drug-likeness (QED) is 0.724. The number of thioether (sulfide) groups is 1. The summed E-state index contributed by atoms with van der Waals surface area (Å²) in [4.78, 5) is 29.1. The van der Waals surface area contributed by atoms with Crippen molar-refractivity contribution in [3.05, 3.63) is 12.0 Å². The molecule has 0 saturated carbocycles. The molecule has 0 saturated heterocycles. The molecule has 0 fully saturated rings. The lowest BCUT2D eigenvalue weighted by molar-refractivity contribution is -0.305. The molecule has 0 unspecified atom stereocenters. The fraction of sp³-hybridized carbons (Fsp3) is 0.500. The van der Waals surface area contributed by atoms with Gasteiger partial charge in [0.05, 0.1) is 33.3 Å². The number of rotatable bonds is 6. The van der Waals surface area contributed by atoms with Crippen LogP contribution in [0.4, 0.5) is 4.79 Å². The van der Waals surface area contributed by atoms with E-state index in [-0.39, 0.29) is 11.6 Å². The van der Waals surface area contributed by atoms with Gasteiger partial charge in [0.15, 0.2) is 5.75 Å². The first-order valence-electron chi connectivity index (χ1n) is 5.15. The van der Waals surface area contributed by atoms with Gasteiger partial charge in [-0.1, -0.05) is 0 Å². The Hall–Kier alpha value is -1.58. The van der Waals surface area contributed by atoms with E-state index >= 15 is 0 Å². The zero-order valence-electron chi connectivity index (χ0n) is 11.1. The smallest absolute Gasteiger partial charge is 0.466 e. The Bertz CT molecular complexity index is 428. The Morgan fingerprint density at radius 1 is 1.37 bits per heavy atom. The number of aromatic nitrogens is 2. The van der Waals surface area contributed by atoms with Crippen molar-refractivity contribution in [2.24, 2.45) is 0 Å². The van der Waals surface area contributed by atoms with Crippen LogP contribution in [0.2, 0.25) is 0 Å². The van der Waals surface area contributed by atoms with Crippen LogP contribution in [0.3, 0.4) is 0 Å². The van der Waals surface area contributed by atoms with E-state index < -0.39 is 6.09 Å². The lowest BCUT2D eigenvalue weighted by Gasteiger charge is -2.15. The first kappa shape index (κ1) is 15.5. The fourth-order valence-corrected chi connectivity index (χ4v) is 1.54. The van der Waals surface area contributed by atoms with E-state index in [2.05, 4.69) is 19.6 Å². The maximum Gasteiger partial charge on any atom is 0.466 e. The Morgan fingerprint density at radius 3 is 2.58 bits per heavy atom. The number of carbonyl (C=O) groups is 1. The summed E-state index contributed by atoms with van der Waals surface area (Å²) >= 11 is 1.54. The number of carbonyl (C=O) groups excluding carboxylic acids is 1. The molecular formula is C10H15N3O5S. The number of amides is 1. The zero-order valence-corrected chi connectivity index (χ0v) is 11.9. The Balaban J connectivity index is 2.90. The second-order valence-electron chi connectivity index (χ2n) is 3.08. The number of hydrogen-bond acceptors (Lipinski definition) is 8. The Labute approximate surface area is 114 Å². The van der Waals surface area contributed by atoms with Crippen molar-refractivity contribution in [1.29, 1.82) is 0 Å². The number of hydrogen-bond donors (Lipinski definition) is 0. The molecule has 0 spiro atoms. The highest BCUT2D eigenvalue weighted by molar-refractivity contribution is 7.97. The summed E-state index contributed by atoms with van der Waals surface area (Å²) in [7, 11) is 3.96. The molecule has 1 aromatic heterocycles. The van der Waals surface area contributed by atoms with Crippen LogP contribution in [-0.2, 0) is 15.4 Å². The van der Waals surface area contributed by atoms with Gasteiger partial charge < -0.3 is 9.47 Å². The van der Waals surface area contributed by atoms with Crippen LogP contribution in [0, 0.1) is 0 Å². The van der Waals surface area contributed by atoms with Crippen LogP contribution in [0.1, 0.15) is 5.82 Å². The van der Waals surface area contributed by atoms with Gasteiger partial charge >= 0.3 is 6.09 Å². The zero-order chi connectivity index (χ0) is 14.3. The van der Waals surface area contributed by atoms with E-state index in [9.17, 15) is 4.79 Å². The summed E-state index contributed by atoms with van der Waals surface area (Å²) in [6.07, 6.45) is 2.47. The molecule has 0 bridgehead atoms. The van der Waals surface area contributed by atoms with Gasteiger partial charge in [-0.3, -0.25) is 0 Å². The lowest BCUT2D eigenvalue weighted by atomic mass is 10.5. The van der Waals surface area contributed by atoms with Crippen LogP contribution < -0.4 is 9.47 Å². The largest absolute Gasteiger partial charge is 0.490 e. The molecule has 1 heterocycles. The van der Waals surface area contributed by atoms with E-state index in [1.807, 2.05) is 6.26 Å². The van der Waals surface area contributed by atoms with Crippen molar-refractivity contribution in [3.63, 3.8) is 0 Å². The van der Waals surface area contributed by atoms with Gasteiger partial charge in [-0.05, 0) is 11.5 Å².